The predicted molar refractivity (Wildman–Crippen MR) is 116 cm³/mol. The highest BCUT2D eigenvalue weighted by Gasteiger charge is 2.27. The van der Waals surface area contributed by atoms with Gasteiger partial charge in [-0.05, 0) is 67.4 Å². The zero-order valence-corrected chi connectivity index (χ0v) is 17.6. The minimum Gasteiger partial charge on any atom is -0.491 e. The monoisotopic (exact) mass is 405 g/mol. The zero-order valence-electron chi connectivity index (χ0n) is 16.1. The molecule has 1 aromatic heterocycles. The van der Waals surface area contributed by atoms with Crippen LogP contribution >= 0.6 is 23.4 Å². The molecule has 2 aliphatic rings. The average Bonchev–Trinajstić information content (AvgIpc) is 3.36. The van der Waals surface area contributed by atoms with Crippen LogP contribution in [0, 0.1) is 0 Å². The number of hydrogen-bond acceptors (Lipinski definition) is 3. The molecule has 1 fully saturated rings. The normalized spacial score (nSPS) is 19.0. The van der Waals surface area contributed by atoms with Gasteiger partial charge >= 0.3 is 0 Å². The Bertz CT molecular complexity index is 886. The van der Waals surface area contributed by atoms with Gasteiger partial charge in [-0.1, -0.05) is 6.92 Å². The molecule has 0 radical (unpaired) electrons. The minimum atomic E-state index is 0.250. The third-order valence-corrected chi connectivity index (χ3v) is 7.20. The van der Waals surface area contributed by atoms with Gasteiger partial charge in [0.25, 0.3) is 0 Å². The van der Waals surface area contributed by atoms with Crippen molar-refractivity contribution in [1.82, 2.24) is 4.57 Å². The van der Waals surface area contributed by atoms with Gasteiger partial charge in [0.15, 0.2) is 5.43 Å². The number of benzene rings is 1. The Morgan fingerprint density at radius 2 is 2.26 bits per heavy atom. The smallest absolute Gasteiger partial charge is 0.193 e. The van der Waals surface area contributed by atoms with Crippen molar-refractivity contribution in [1.29, 1.82) is 0 Å². The number of thioether (sulfide) groups is 1. The number of pyridine rings is 1. The number of aryl methyl sites for hydroxylation is 3. The number of ether oxygens (including phenoxy) is 1. The first-order valence-corrected chi connectivity index (χ1v) is 11.9. The van der Waals surface area contributed by atoms with Crippen molar-refractivity contribution >= 4 is 34.3 Å². The molecule has 1 aliphatic heterocycles. The van der Waals surface area contributed by atoms with Crippen LogP contribution in [0.1, 0.15) is 55.2 Å². The summed E-state index contributed by atoms with van der Waals surface area (Å²) >= 11 is 7.97. The van der Waals surface area contributed by atoms with Crippen molar-refractivity contribution in [3.8, 4) is 5.75 Å². The Morgan fingerprint density at radius 1 is 1.37 bits per heavy atom. The van der Waals surface area contributed by atoms with Gasteiger partial charge in [0.2, 0.25) is 0 Å². The van der Waals surface area contributed by atoms with Crippen molar-refractivity contribution in [3.05, 3.63) is 39.2 Å². The highest BCUT2D eigenvalue weighted by Crippen LogP contribution is 2.38. The van der Waals surface area contributed by atoms with Gasteiger partial charge in [0.05, 0.1) is 17.5 Å². The summed E-state index contributed by atoms with van der Waals surface area (Å²) in [6, 6.07) is 2.20. The molecule has 5 heteroatoms. The van der Waals surface area contributed by atoms with E-state index in [4.69, 9.17) is 16.3 Å². The molecule has 146 valence electrons. The van der Waals surface area contributed by atoms with Gasteiger partial charge < -0.3 is 9.30 Å². The molecule has 1 atom stereocenters. The number of alkyl halides is 1. The summed E-state index contributed by atoms with van der Waals surface area (Å²) in [5.41, 5.74) is 4.83. The topological polar surface area (TPSA) is 31.2 Å². The largest absolute Gasteiger partial charge is 0.491 e. The molecular formula is C22H28ClNO2S. The number of aromatic nitrogens is 1. The summed E-state index contributed by atoms with van der Waals surface area (Å²) in [5.74, 6) is 4.10. The summed E-state index contributed by atoms with van der Waals surface area (Å²) in [5, 5.41) is 0.931. The Labute approximate surface area is 170 Å². The van der Waals surface area contributed by atoms with E-state index in [0.717, 1.165) is 78.8 Å². The molecule has 0 N–H and O–H groups in total. The van der Waals surface area contributed by atoms with E-state index in [1.807, 2.05) is 11.8 Å². The molecule has 1 aromatic carbocycles. The van der Waals surface area contributed by atoms with Crippen molar-refractivity contribution in [3.63, 3.8) is 0 Å². The Morgan fingerprint density at radius 3 is 3.00 bits per heavy atom. The molecule has 0 saturated carbocycles. The summed E-state index contributed by atoms with van der Waals surface area (Å²) in [6.45, 7) is 3.62. The quantitative estimate of drug-likeness (QED) is 0.598. The molecule has 1 saturated heterocycles. The van der Waals surface area contributed by atoms with E-state index in [9.17, 15) is 4.79 Å². The number of nitrogens with zero attached hydrogens (tertiary/aromatic N) is 1. The summed E-state index contributed by atoms with van der Waals surface area (Å²) in [6.07, 6.45) is 8.27. The van der Waals surface area contributed by atoms with Gasteiger partial charge in [0, 0.05) is 29.9 Å². The molecule has 3 nitrogen and oxygen atoms in total. The number of halogens is 1. The van der Waals surface area contributed by atoms with E-state index >= 15 is 0 Å². The molecular weight excluding hydrogens is 378 g/mol. The standard InChI is InChI=1S/C22H28ClNO2S/c1-2-10-26-19-12-15-5-3-6-17(15)20-21(19)24(9-4-8-23)13-18(22(20)25)16-7-11-27-14-16/h12-13,16H,2-11,14H2,1H3. The molecule has 1 unspecified atom stereocenters. The molecule has 27 heavy (non-hydrogen) atoms. The minimum absolute atomic E-state index is 0.250. The van der Waals surface area contributed by atoms with Crippen molar-refractivity contribution < 1.29 is 4.74 Å². The van der Waals surface area contributed by atoms with Crippen molar-refractivity contribution in [2.75, 3.05) is 24.0 Å². The van der Waals surface area contributed by atoms with Gasteiger partial charge in [-0.2, -0.15) is 11.8 Å². The fourth-order valence-electron chi connectivity index (χ4n) is 4.47. The van der Waals surface area contributed by atoms with Crippen LogP contribution in [0.4, 0.5) is 0 Å². The lowest BCUT2D eigenvalue weighted by Crippen LogP contribution is -2.20. The molecule has 0 amide bonds. The molecule has 1 aliphatic carbocycles. The summed E-state index contributed by atoms with van der Waals surface area (Å²) < 4.78 is 8.40. The van der Waals surface area contributed by atoms with Gasteiger partial charge in [0.1, 0.15) is 5.75 Å². The second-order valence-electron chi connectivity index (χ2n) is 7.65. The van der Waals surface area contributed by atoms with E-state index in [1.165, 1.54) is 11.1 Å². The van der Waals surface area contributed by atoms with Gasteiger partial charge in [-0.3, -0.25) is 4.79 Å². The van der Waals surface area contributed by atoms with E-state index in [0.29, 0.717) is 18.4 Å². The second-order valence-corrected chi connectivity index (χ2v) is 9.18. The first-order chi connectivity index (χ1) is 13.2. The third kappa shape index (κ3) is 3.63. The maximum absolute atomic E-state index is 13.6. The highest BCUT2D eigenvalue weighted by molar-refractivity contribution is 7.99. The molecule has 0 bridgehead atoms. The highest BCUT2D eigenvalue weighted by atomic mass is 35.5. The van der Waals surface area contributed by atoms with Crippen LogP contribution in [0.25, 0.3) is 10.9 Å². The predicted octanol–water partition coefficient (Wildman–Crippen LogP) is 5.13. The molecule has 2 aromatic rings. The lowest BCUT2D eigenvalue weighted by molar-refractivity contribution is 0.319. The van der Waals surface area contributed by atoms with Crippen LogP contribution in [0.3, 0.4) is 0 Å². The van der Waals surface area contributed by atoms with Crippen molar-refractivity contribution in [2.45, 2.75) is 57.9 Å². The second kappa shape index (κ2) is 8.48. The Kier molecular flexibility index (Phi) is 6.03. The van der Waals surface area contributed by atoms with Crippen molar-refractivity contribution in [2.24, 2.45) is 0 Å². The fourth-order valence-corrected chi connectivity index (χ4v) is 5.84. The Balaban J connectivity index is 1.98. The molecule has 2 heterocycles. The maximum Gasteiger partial charge on any atom is 0.193 e. The summed E-state index contributed by atoms with van der Waals surface area (Å²) in [4.78, 5) is 13.6. The van der Waals surface area contributed by atoms with E-state index in [1.54, 1.807) is 0 Å². The van der Waals surface area contributed by atoms with Crippen LogP contribution < -0.4 is 10.2 Å². The van der Waals surface area contributed by atoms with Crippen LogP contribution in [0.15, 0.2) is 17.1 Å². The van der Waals surface area contributed by atoms with Crippen LogP contribution in [0.5, 0.6) is 5.75 Å². The Hall–Kier alpha value is -1.13. The lowest BCUT2D eigenvalue weighted by Gasteiger charge is -2.20. The molecule has 4 rings (SSSR count). The fraction of sp³-hybridized carbons (Fsp3) is 0.591. The van der Waals surface area contributed by atoms with Gasteiger partial charge in [-0.25, -0.2) is 0 Å². The number of rotatable bonds is 7. The van der Waals surface area contributed by atoms with Crippen LogP contribution in [0.2, 0.25) is 0 Å². The SMILES string of the molecule is CCCOc1cc2c(c3c(=O)c(C4CCSC4)cn(CCCCl)c13)CCC2. The summed E-state index contributed by atoms with van der Waals surface area (Å²) in [7, 11) is 0. The van der Waals surface area contributed by atoms with Crippen LogP contribution in [-0.2, 0) is 19.4 Å². The molecule has 0 spiro atoms. The number of fused-ring (bicyclic) bond motifs is 3. The maximum atomic E-state index is 13.6. The van der Waals surface area contributed by atoms with E-state index < -0.39 is 0 Å². The first-order valence-electron chi connectivity index (χ1n) is 10.2. The zero-order chi connectivity index (χ0) is 18.8. The number of hydrogen-bond donors (Lipinski definition) is 0. The van der Waals surface area contributed by atoms with E-state index in [-0.39, 0.29) is 5.43 Å². The lowest BCUT2D eigenvalue weighted by atomic mass is 9.94. The first kappa shape index (κ1) is 19.2. The third-order valence-electron chi connectivity index (χ3n) is 5.77. The average molecular weight is 406 g/mol. The van der Waals surface area contributed by atoms with E-state index in [2.05, 4.69) is 23.8 Å². The van der Waals surface area contributed by atoms with Crippen LogP contribution in [-0.4, -0.2) is 28.6 Å². The van der Waals surface area contributed by atoms with Gasteiger partial charge in [-0.15, -0.1) is 11.6 Å².